The quantitative estimate of drug-likeness (QED) is 0.409. The molecule has 1 rings (SSSR count). The number of aromatic nitrogens is 2. The molecule has 0 fully saturated rings. The van der Waals surface area contributed by atoms with Gasteiger partial charge in [-0.15, -0.1) is 0 Å². The Balaban J connectivity index is 2.45. The molecule has 0 atom stereocenters. The molecule has 0 radical (unpaired) electrons. The Kier molecular flexibility index (Phi) is 7.63. The number of nitrogens with one attached hydrogen (secondary N) is 2. The van der Waals surface area contributed by atoms with Crippen LogP contribution >= 0.6 is 11.8 Å². The largest absolute Gasteiger partial charge is 0.370 e. The van der Waals surface area contributed by atoms with Gasteiger partial charge in [0.2, 0.25) is 0 Å². The fraction of sp³-hybridized carbons (Fsp3) is 0.714. The van der Waals surface area contributed by atoms with Crippen LogP contribution in [0.4, 0.5) is 11.6 Å². The summed E-state index contributed by atoms with van der Waals surface area (Å²) >= 11 is 1.57. The number of thioether (sulfide) groups is 1. The third-order valence-corrected chi connectivity index (χ3v) is 3.31. The molecule has 108 valence electrons. The normalized spacial score (nSPS) is 10.8. The van der Waals surface area contributed by atoms with Crippen LogP contribution in [-0.4, -0.2) is 29.3 Å². The van der Waals surface area contributed by atoms with Crippen molar-refractivity contribution in [2.24, 2.45) is 5.92 Å². The van der Waals surface area contributed by atoms with Crippen molar-refractivity contribution in [1.82, 2.24) is 9.97 Å². The van der Waals surface area contributed by atoms with E-state index in [4.69, 9.17) is 0 Å². The van der Waals surface area contributed by atoms with E-state index in [0.717, 1.165) is 35.8 Å². The molecular formula is C14H26N4S. The maximum absolute atomic E-state index is 4.47. The molecule has 0 aliphatic heterocycles. The van der Waals surface area contributed by atoms with E-state index in [9.17, 15) is 0 Å². The monoisotopic (exact) mass is 282 g/mol. The third-order valence-electron chi connectivity index (χ3n) is 2.76. The molecule has 19 heavy (non-hydrogen) atoms. The summed E-state index contributed by atoms with van der Waals surface area (Å²) in [5.74, 6) is 2.61. The number of hydrogen-bond donors (Lipinski definition) is 2. The molecule has 0 saturated carbocycles. The van der Waals surface area contributed by atoms with Crippen molar-refractivity contribution in [3.05, 3.63) is 6.07 Å². The summed E-state index contributed by atoms with van der Waals surface area (Å²) in [5.41, 5.74) is 0. The summed E-state index contributed by atoms with van der Waals surface area (Å²) in [6.07, 6.45) is 5.75. The van der Waals surface area contributed by atoms with E-state index in [1.54, 1.807) is 11.8 Å². The Bertz CT molecular complexity index is 368. The predicted octanol–water partition coefficient (Wildman–Crippen LogP) is 3.87. The van der Waals surface area contributed by atoms with Crippen molar-refractivity contribution in [2.75, 3.05) is 30.0 Å². The summed E-state index contributed by atoms with van der Waals surface area (Å²) in [4.78, 5) is 8.88. The van der Waals surface area contributed by atoms with Gasteiger partial charge in [0.1, 0.15) is 11.6 Å². The van der Waals surface area contributed by atoms with Crippen LogP contribution in [-0.2, 0) is 0 Å². The Morgan fingerprint density at radius 2 is 1.84 bits per heavy atom. The van der Waals surface area contributed by atoms with E-state index in [2.05, 4.69) is 41.4 Å². The lowest BCUT2D eigenvalue weighted by Crippen LogP contribution is -2.07. The average Bonchev–Trinajstić information content (AvgIpc) is 2.38. The van der Waals surface area contributed by atoms with Crippen molar-refractivity contribution in [2.45, 2.75) is 45.2 Å². The SMILES string of the molecule is CCNc1cc(NCCCCC(C)C)nc(SC)n1. The second-order valence-electron chi connectivity index (χ2n) is 4.97. The summed E-state index contributed by atoms with van der Waals surface area (Å²) in [7, 11) is 0. The maximum atomic E-state index is 4.47. The standard InChI is InChI=1S/C14H26N4S/c1-5-15-12-10-13(18-14(17-12)19-4)16-9-7-6-8-11(2)3/h10-11H,5-9H2,1-4H3,(H2,15,16,17,18). The lowest BCUT2D eigenvalue weighted by molar-refractivity contribution is 0.544. The molecule has 0 aliphatic carbocycles. The summed E-state index contributed by atoms with van der Waals surface area (Å²) in [6, 6.07) is 1.98. The molecule has 0 spiro atoms. The van der Waals surface area contributed by atoms with Crippen molar-refractivity contribution in [3.8, 4) is 0 Å². The predicted molar refractivity (Wildman–Crippen MR) is 85.2 cm³/mol. The van der Waals surface area contributed by atoms with Crippen LogP contribution in [0, 0.1) is 5.92 Å². The van der Waals surface area contributed by atoms with Gasteiger partial charge in [0.05, 0.1) is 0 Å². The first-order valence-electron chi connectivity index (χ1n) is 7.06. The molecule has 0 bridgehead atoms. The Morgan fingerprint density at radius 1 is 1.16 bits per heavy atom. The Hall–Kier alpha value is -0.970. The zero-order valence-corrected chi connectivity index (χ0v) is 13.3. The minimum absolute atomic E-state index is 0.794. The first-order valence-corrected chi connectivity index (χ1v) is 8.29. The van der Waals surface area contributed by atoms with Crippen molar-refractivity contribution < 1.29 is 0 Å². The van der Waals surface area contributed by atoms with E-state index >= 15 is 0 Å². The van der Waals surface area contributed by atoms with Gasteiger partial charge in [-0.2, -0.15) is 0 Å². The topological polar surface area (TPSA) is 49.8 Å². The summed E-state index contributed by atoms with van der Waals surface area (Å²) in [6.45, 7) is 8.46. The molecule has 1 heterocycles. The number of anilines is 2. The minimum atomic E-state index is 0.794. The van der Waals surface area contributed by atoms with Gasteiger partial charge in [-0.1, -0.05) is 38.5 Å². The van der Waals surface area contributed by atoms with E-state index in [0.29, 0.717) is 0 Å². The van der Waals surface area contributed by atoms with Crippen LogP contribution in [0.15, 0.2) is 11.2 Å². The Labute approximate surface area is 121 Å². The zero-order valence-electron chi connectivity index (χ0n) is 12.5. The van der Waals surface area contributed by atoms with Crippen molar-refractivity contribution in [1.29, 1.82) is 0 Å². The van der Waals surface area contributed by atoms with Gasteiger partial charge in [-0.25, -0.2) is 9.97 Å². The molecule has 4 nitrogen and oxygen atoms in total. The van der Waals surface area contributed by atoms with Crippen LogP contribution in [0.25, 0.3) is 0 Å². The first-order chi connectivity index (χ1) is 9.15. The summed E-state index contributed by atoms with van der Waals surface area (Å²) in [5, 5.41) is 7.43. The van der Waals surface area contributed by atoms with Crippen LogP contribution in [0.5, 0.6) is 0 Å². The second kappa shape index (κ2) is 9.02. The highest BCUT2D eigenvalue weighted by Crippen LogP contribution is 2.17. The van der Waals surface area contributed by atoms with E-state index < -0.39 is 0 Å². The molecule has 0 unspecified atom stereocenters. The van der Waals surface area contributed by atoms with Gasteiger partial charge in [-0.05, 0) is 25.5 Å². The lowest BCUT2D eigenvalue weighted by Gasteiger charge is -2.10. The molecular weight excluding hydrogens is 256 g/mol. The number of rotatable bonds is 9. The molecule has 1 aromatic heterocycles. The fourth-order valence-electron chi connectivity index (χ4n) is 1.77. The number of unbranched alkanes of at least 4 members (excludes halogenated alkanes) is 1. The average molecular weight is 282 g/mol. The van der Waals surface area contributed by atoms with Gasteiger partial charge in [0.15, 0.2) is 5.16 Å². The van der Waals surface area contributed by atoms with Gasteiger partial charge >= 0.3 is 0 Å². The molecule has 0 saturated heterocycles. The molecule has 5 heteroatoms. The van der Waals surface area contributed by atoms with Gasteiger partial charge in [-0.3, -0.25) is 0 Å². The molecule has 0 aromatic carbocycles. The second-order valence-corrected chi connectivity index (χ2v) is 5.75. The van der Waals surface area contributed by atoms with Crippen LogP contribution in [0.2, 0.25) is 0 Å². The zero-order chi connectivity index (χ0) is 14.1. The Morgan fingerprint density at radius 3 is 2.42 bits per heavy atom. The third kappa shape index (κ3) is 6.66. The highest BCUT2D eigenvalue weighted by molar-refractivity contribution is 7.98. The van der Waals surface area contributed by atoms with Crippen LogP contribution < -0.4 is 10.6 Å². The lowest BCUT2D eigenvalue weighted by atomic mass is 10.1. The minimum Gasteiger partial charge on any atom is -0.370 e. The smallest absolute Gasteiger partial charge is 0.191 e. The highest BCUT2D eigenvalue weighted by atomic mass is 32.2. The molecule has 1 aromatic rings. The van der Waals surface area contributed by atoms with Gasteiger partial charge < -0.3 is 10.6 Å². The first kappa shape index (κ1) is 16.1. The van der Waals surface area contributed by atoms with Crippen LogP contribution in [0.3, 0.4) is 0 Å². The number of nitrogens with zero attached hydrogens (tertiary/aromatic N) is 2. The fourth-order valence-corrected chi connectivity index (χ4v) is 2.15. The number of hydrogen-bond acceptors (Lipinski definition) is 5. The summed E-state index contributed by atoms with van der Waals surface area (Å²) < 4.78 is 0. The molecule has 2 N–H and O–H groups in total. The van der Waals surface area contributed by atoms with Gasteiger partial charge in [0.25, 0.3) is 0 Å². The van der Waals surface area contributed by atoms with Crippen molar-refractivity contribution >= 4 is 23.4 Å². The van der Waals surface area contributed by atoms with Crippen molar-refractivity contribution in [3.63, 3.8) is 0 Å². The highest BCUT2D eigenvalue weighted by Gasteiger charge is 2.03. The van der Waals surface area contributed by atoms with Crippen LogP contribution in [0.1, 0.15) is 40.0 Å². The molecule has 0 amide bonds. The van der Waals surface area contributed by atoms with E-state index in [1.165, 1.54) is 19.3 Å². The molecule has 0 aliphatic rings. The van der Waals surface area contributed by atoms with E-state index in [-0.39, 0.29) is 0 Å². The van der Waals surface area contributed by atoms with Gasteiger partial charge in [0, 0.05) is 19.2 Å². The maximum Gasteiger partial charge on any atom is 0.191 e. The van der Waals surface area contributed by atoms with E-state index in [1.807, 2.05) is 12.3 Å².